The smallest absolute Gasteiger partial charge is 0.372 e. The minimum absolute atomic E-state index is 0. The molecule has 206 valence electrons. The fraction of sp³-hybridized carbons (Fsp3) is 0.533. The van der Waals surface area contributed by atoms with Gasteiger partial charge in [0.25, 0.3) is 0 Å². The van der Waals surface area contributed by atoms with Gasteiger partial charge in [0.2, 0.25) is 0 Å². The molecule has 2 fully saturated rings. The van der Waals surface area contributed by atoms with E-state index in [4.69, 9.17) is 5.26 Å². The van der Waals surface area contributed by atoms with Gasteiger partial charge >= 0.3 is 6.18 Å². The van der Waals surface area contributed by atoms with Crippen molar-refractivity contribution in [1.82, 2.24) is 4.90 Å². The average Bonchev–Trinajstić information content (AvgIpc) is 2.89. The molecule has 8 heteroatoms. The van der Waals surface area contributed by atoms with Gasteiger partial charge in [0.1, 0.15) is 5.78 Å². The second-order valence-corrected chi connectivity index (χ2v) is 10.3. The molecule has 2 aromatic carbocycles. The molecular formula is C30H39F3N4O. The van der Waals surface area contributed by atoms with Crippen LogP contribution in [0.25, 0.3) is 0 Å². The number of ketones is 1. The number of Topliss-reactive ketones (excluding diaryl/α,β-unsaturated/α-hetero) is 1. The normalized spacial score (nSPS) is 17.1. The van der Waals surface area contributed by atoms with Gasteiger partial charge in [-0.25, -0.2) is 0 Å². The van der Waals surface area contributed by atoms with Crippen LogP contribution in [0.5, 0.6) is 0 Å². The van der Waals surface area contributed by atoms with E-state index < -0.39 is 11.7 Å². The van der Waals surface area contributed by atoms with E-state index in [-0.39, 0.29) is 24.7 Å². The van der Waals surface area contributed by atoms with Crippen LogP contribution in [0.4, 0.5) is 24.5 Å². The van der Waals surface area contributed by atoms with Gasteiger partial charge in [-0.15, -0.1) is 0 Å². The largest absolute Gasteiger partial charge is 0.417 e. The number of hydrogen-bond acceptors (Lipinski definition) is 5. The van der Waals surface area contributed by atoms with E-state index in [1.165, 1.54) is 17.3 Å². The van der Waals surface area contributed by atoms with Gasteiger partial charge in [0.05, 0.1) is 17.2 Å². The Kier molecular flexibility index (Phi) is 10.2. The van der Waals surface area contributed by atoms with Crippen molar-refractivity contribution in [3.05, 3.63) is 59.2 Å². The number of aryl methyl sites for hydroxylation is 1. The predicted octanol–water partition coefficient (Wildman–Crippen LogP) is 6.30. The minimum Gasteiger partial charge on any atom is -0.372 e. The standard InChI is InChI=1S/C29H35F3N4O.CH4/c1-22-4-7-25(8-5-22)36-17-15-34(16-18-36)12-2-3-27(37)19-23-10-13-35(14-11-23)26-9-6-24(21-33)28(20-26)29(30,31)32;/h4-9,20,23H,2-3,10-19H2,1H3;1H4. The van der Waals surface area contributed by atoms with E-state index >= 15 is 0 Å². The van der Waals surface area contributed by atoms with Gasteiger partial charge in [-0.1, -0.05) is 25.1 Å². The van der Waals surface area contributed by atoms with Gasteiger partial charge in [0.15, 0.2) is 0 Å². The third-order valence-electron chi connectivity index (χ3n) is 7.63. The molecule has 0 atom stereocenters. The number of anilines is 2. The van der Waals surface area contributed by atoms with E-state index in [1.807, 2.05) is 4.90 Å². The fourth-order valence-corrected chi connectivity index (χ4v) is 5.37. The topological polar surface area (TPSA) is 50.6 Å². The number of alkyl halides is 3. The van der Waals surface area contributed by atoms with Crippen LogP contribution in [-0.2, 0) is 11.0 Å². The zero-order valence-electron chi connectivity index (χ0n) is 21.4. The van der Waals surface area contributed by atoms with E-state index in [0.29, 0.717) is 31.6 Å². The molecule has 38 heavy (non-hydrogen) atoms. The van der Waals surface area contributed by atoms with Crippen LogP contribution in [-0.4, -0.2) is 56.5 Å². The zero-order valence-corrected chi connectivity index (χ0v) is 21.4. The molecular weight excluding hydrogens is 489 g/mol. The summed E-state index contributed by atoms with van der Waals surface area (Å²) < 4.78 is 39.9. The summed E-state index contributed by atoms with van der Waals surface area (Å²) in [5.74, 6) is 0.566. The summed E-state index contributed by atoms with van der Waals surface area (Å²) in [7, 11) is 0. The molecule has 2 saturated heterocycles. The number of benzene rings is 2. The van der Waals surface area contributed by atoms with Gasteiger partial charge in [-0.05, 0) is 69.0 Å². The number of hydrogen-bond donors (Lipinski definition) is 0. The van der Waals surface area contributed by atoms with Crippen LogP contribution in [0.2, 0.25) is 0 Å². The third kappa shape index (κ3) is 7.73. The number of nitrogens with zero attached hydrogens (tertiary/aromatic N) is 4. The molecule has 4 rings (SSSR count). The van der Waals surface area contributed by atoms with E-state index in [2.05, 4.69) is 41.0 Å². The minimum atomic E-state index is -4.56. The van der Waals surface area contributed by atoms with Gasteiger partial charge < -0.3 is 9.80 Å². The van der Waals surface area contributed by atoms with Gasteiger partial charge in [-0.3, -0.25) is 9.69 Å². The molecule has 0 bridgehead atoms. The number of rotatable bonds is 8. The van der Waals surface area contributed by atoms with Gasteiger partial charge in [-0.2, -0.15) is 18.4 Å². The Labute approximate surface area is 224 Å². The molecule has 0 amide bonds. The molecule has 0 radical (unpaired) electrons. The maximum Gasteiger partial charge on any atom is 0.417 e. The maximum absolute atomic E-state index is 13.3. The highest BCUT2D eigenvalue weighted by atomic mass is 19.4. The van der Waals surface area contributed by atoms with Gasteiger partial charge in [0, 0.05) is 63.5 Å². The Hall–Kier alpha value is -3.05. The molecule has 2 heterocycles. The average molecular weight is 529 g/mol. The van der Waals surface area contributed by atoms with Crippen molar-refractivity contribution >= 4 is 17.2 Å². The van der Waals surface area contributed by atoms with Crippen LogP contribution in [0.15, 0.2) is 42.5 Å². The highest BCUT2D eigenvalue weighted by molar-refractivity contribution is 5.78. The molecule has 2 aliphatic heterocycles. The molecule has 5 nitrogen and oxygen atoms in total. The zero-order chi connectivity index (χ0) is 26.4. The number of piperidine rings is 1. The first-order valence-electron chi connectivity index (χ1n) is 13.1. The summed E-state index contributed by atoms with van der Waals surface area (Å²) in [6.45, 7) is 8.28. The lowest BCUT2D eigenvalue weighted by Gasteiger charge is -2.36. The Morgan fingerprint density at radius 1 is 0.947 bits per heavy atom. The molecule has 0 N–H and O–H groups in total. The van der Waals surface area contributed by atoms with Crippen LogP contribution in [0.3, 0.4) is 0 Å². The quantitative estimate of drug-likeness (QED) is 0.403. The summed E-state index contributed by atoms with van der Waals surface area (Å²) >= 11 is 0. The molecule has 0 spiro atoms. The predicted molar refractivity (Wildman–Crippen MR) is 147 cm³/mol. The maximum atomic E-state index is 13.3. The number of halogens is 3. The van der Waals surface area contributed by atoms with E-state index in [9.17, 15) is 18.0 Å². The lowest BCUT2D eigenvalue weighted by atomic mass is 9.90. The first-order valence-corrected chi connectivity index (χ1v) is 13.1. The first kappa shape index (κ1) is 29.5. The Bertz CT molecular complexity index is 1090. The second-order valence-electron chi connectivity index (χ2n) is 10.3. The van der Waals surface area contributed by atoms with Crippen molar-refractivity contribution in [2.75, 3.05) is 55.6 Å². The molecule has 2 aliphatic rings. The van der Waals surface area contributed by atoms with Crippen molar-refractivity contribution in [2.45, 2.75) is 52.6 Å². The van der Waals surface area contributed by atoms with E-state index in [1.54, 1.807) is 12.1 Å². The van der Waals surface area contributed by atoms with E-state index in [0.717, 1.165) is 58.1 Å². The Morgan fingerprint density at radius 2 is 1.55 bits per heavy atom. The van der Waals surface area contributed by atoms with Crippen molar-refractivity contribution < 1.29 is 18.0 Å². The fourth-order valence-electron chi connectivity index (χ4n) is 5.37. The summed E-state index contributed by atoms with van der Waals surface area (Å²) in [5.41, 5.74) is 1.78. The van der Waals surface area contributed by atoms with Crippen LogP contribution in [0, 0.1) is 24.2 Å². The van der Waals surface area contributed by atoms with Crippen LogP contribution >= 0.6 is 0 Å². The lowest BCUT2D eigenvalue weighted by Crippen LogP contribution is -2.46. The van der Waals surface area contributed by atoms with Crippen LogP contribution in [0.1, 0.15) is 56.2 Å². The molecule has 0 unspecified atom stereocenters. The van der Waals surface area contributed by atoms with Crippen molar-refractivity contribution in [1.29, 1.82) is 5.26 Å². The van der Waals surface area contributed by atoms with Crippen molar-refractivity contribution in [3.8, 4) is 6.07 Å². The molecule has 0 aliphatic carbocycles. The second kappa shape index (κ2) is 13.1. The summed E-state index contributed by atoms with van der Waals surface area (Å²) in [6, 6.07) is 14.2. The summed E-state index contributed by atoms with van der Waals surface area (Å²) in [6.07, 6.45) is -0.977. The Morgan fingerprint density at radius 3 is 2.16 bits per heavy atom. The lowest BCUT2D eigenvalue weighted by molar-refractivity contribution is -0.137. The monoisotopic (exact) mass is 528 g/mol. The highest BCUT2D eigenvalue weighted by Crippen LogP contribution is 2.35. The third-order valence-corrected chi connectivity index (χ3v) is 7.63. The number of nitriles is 1. The van der Waals surface area contributed by atoms with Crippen molar-refractivity contribution in [3.63, 3.8) is 0 Å². The number of carbonyl (C=O) groups is 1. The molecule has 2 aromatic rings. The number of carbonyl (C=O) groups excluding carboxylic acids is 1. The van der Waals surface area contributed by atoms with Crippen LogP contribution < -0.4 is 9.80 Å². The molecule has 0 saturated carbocycles. The highest BCUT2D eigenvalue weighted by Gasteiger charge is 2.34. The molecule has 0 aromatic heterocycles. The SMILES string of the molecule is C.Cc1ccc(N2CCN(CCCC(=O)CC3CCN(c4ccc(C#N)c(C(F)(F)F)c4)CC3)CC2)cc1. The summed E-state index contributed by atoms with van der Waals surface area (Å²) in [4.78, 5) is 19.4. The van der Waals surface area contributed by atoms with Crippen molar-refractivity contribution in [2.24, 2.45) is 5.92 Å². The first-order chi connectivity index (χ1) is 17.7. The summed E-state index contributed by atoms with van der Waals surface area (Å²) in [5, 5.41) is 9.00. The number of piperazine rings is 1. The Balaban J connectivity index is 0.00000400.